The monoisotopic (exact) mass is 316 g/mol. The minimum atomic E-state index is -3.96. The number of carbonyl (C=O) groups excluding carboxylic acids is 1. The summed E-state index contributed by atoms with van der Waals surface area (Å²) in [5, 5.41) is -0.570. The fourth-order valence-corrected chi connectivity index (χ4v) is 3.72. The molecule has 21 heavy (non-hydrogen) atoms. The van der Waals surface area contributed by atoms with Crippen LogP contribution < -0.4 is 0 Å². The second kappa shape index (κ2) is 6.48. The fraction of sp³-hybridized carbons (Fsp3) is 0.538. The molecule has 0 saturated carbocycles. The van der Waals surface area contributed by atoms with E-state index >= 15 is 0 Å². The van der Waals surface area contributed by atoms with Crippen LogP contribution in [-0.2, 0) is 19.6 Å². The van der Waals surface area contributed by atoms with Gasteiger partial charge in [-0.3, -0.25) is 4.79 Å². The summed E-state index contributed by atoms with van der Waals surface area (Å²) in [5.41, 5.74) is 0. The average molecular weight is 316 g/mol. The maximum absolute atomic E-state index is 13.6. The molecule has 0 radical (unpaired) electrons. The largest absolute Gasteiger partial charge is 0.466 e. The van der Waals surface area contributed by atoms with Crippen molar-refractivity contribution in [3.63, 3.8) is 0 Å². The van der Waals surface area contributed by atoms with Gasteiger partial charge in [0.25, 0.3) is 10.0 Å². The summed E-state index contributed by atoms with van der Waals surface area (Å²) >= 11 is 0. The molecule has 0 atom stereocenters. The maximum Gasteiger partial charge on any atom is 0.309 e. The van der Waals surface area contributed by atoms with Gasteiger partial charge in [0.15, 0.2) is 5.82 Å². The Hall–Kier alpha value is -1.54. The summed E-state index contributed by atoms with van der Waals surface area (Å²) in [5.74, 6) is -1.48. The van der Waals surface area contributed by atoms with Gasteiger partial charge in [-0.25, -0.2) is 17.8 Å². The second-order valence-corrected chi connectivity index (χ2v) is 6.57. The van der Waals surface area contributed by atoms with Crippen molar-refractivity contribution in [1.29, 1.82) is 0 Å². The zero-order valence-electron chi connectivity index (χ0n) is 11.7. The number of nitrogens with zero attached hydrogens (tertiary/aromatic N) is 2. The molecule has 1 aliphatic heterocycles. The molecule has 0 N–H and O–H groups in total. The molecule has 0 aliphatic carbocycles. The Kier molecular flexibility index (Phi) is 4.89. The average Bonchev–Trinajstić information content (AvgIpc) is 2.48. The lowest BCUT2D eigenvalue weighted by Crippen LogP contribution is -2.41. The first kappa shape index (κ1) is 15.8. The number of aromatic nitrogens is 1. The van der Waals surface area contributed by atoms with Crippen LogP contribution in [-0.4, -0.2) is 43.4 Å². The van der Waals surface area contributed by atoms with Crippen LogP contribution in [0.3, 0.4) is 0 Å². The molecule has 116 valence electrons. The van der Waals surface area contributed by atoms with Gasteiger partial charge in [0.1, 0.15) is 0 Å². The molecule has 1 fully saturated rings. The van der Waals surface area contributed by atoms with E-state index in [0.717, 1.165) is 10.4 Å². The second-order valence-electron chi connectivity index (χ2n) is 4.72. The van der Waals surface area contributed by atoms with Crippen LogP contribution in [0.4, 0.5) is 4.39 Å². The zero-order chi connectivity index (χ0) is 15.5. The van der Waals surface area contributed by atoms with Crippen molar-refractivity contribution in [1.82, 2.24) is 9.29 Å². The molecule has 0 aromatic carbocycles. The Morgan fingerprint density at radius 2 is 2.14 bits per heavy atom. The number of hydrogen-bond donors (Lipinski definition) is 0. The summed E-state index contributed by atoms with van der Waals surface area (Å²) in [4.78, 5) is 15.2. The normalized spacial score (nSPS) is 17.6. The summed E-state index contributed by atoms with van der Waals surface area (Å²) in [6.07, 6.45) is 1.97. The Morgan fingerprint density at radius 1 is 1.48 bits per heavy atom. The van der Waals surface area contributed by atoms with E-state index in [9.17, 15) is 17.6 Å². The van der Waals surface area contributed by atoms with Gasteiger partial charge >= 0.3 is 5.97 Å². The van der Waals surface area contributed by atoms with E-state index in [2.05, 4.69) is 4.98 Å². The molecule has 0 amide bonds. The molecule has 0 spiro atoms. The highest BCUT2D eigenvalue weighted by molar-refractivity contribution is 7.89. The van der Waals surface area contributed by atoms with Gasteiger partial charge < -0.3 is 4.74 Å². The van der Waals surface area contributed by atoms with Crippen molar-refractivity contribution in [2.45, 2.75) is 24.8 Å². The lowest BCUT2D eigenvalue weighted by Gasteiger charge is -2.29. The Bertz CT molecular complexity index is 612. The first-order valence-corrected chi connectivity index (χ1v) is 8.18. The van der Waals surface area contributed by atoms with Gasteiger partial charge in [-0.1, -0.05) is 0 Å². The van der Waals surface area contributed by atoms with E-state index in [0.29, 0.717) is 19.4 Å². The van der Waals surface area contributed by atoms with Crippen molar-refractivity contribution < 1.29 is 22.3 Å². The molecule has 0 unspecified atom stereocenters. The highest BCUT2D eigenvalue weighted by atomic mass is 32.2. The van der Waals surface area contributed by atoms with E-state index in [-0.39, 0.29) is 25.0 Å². The van der Waals surface area contributed by atoms with E-state index in [1.807, 2.05) is 0 Å². The smallest absolute Gasteiger partial charge is 0.309 e. The third-order valence-electron chi connectivity index (χ3n) is 3.38. The predicted octanol–water partition coefficient (Wildman–Crippen LogP) is 1.18. The van der Waals surface area contributed by atoms with Gasteiger partial charge in [0.05, 0.1) is 12.5 Å². The summed E-state index contributed by atoms with van der Waals surface area (Å²) in [6, 6.07) is 2.40. The SMILES string of the molecule is CCOC(=O)C1CCN(S(=O)(=O)c2ncccc2F)CC1. The minimum Gasteiger partial charge on any atom is -0.466 e. The predicted molar refractivity (Wildman–Crippen MR) is 72.3 cm³/mol. The molecule has 1 aliphatic rings. The molecule has 0 bridgehead atoms. The molecule has 1 aromatic rings. The van der Waals surface area contributed by atoms with Crippen molar-refractivity contribution in [2.24, 2.45) is 5.92 Å². The van der Waals surface area contributed by atoms with Crippen LogP contribution >= 0.6 is 0 Å². The summed E-state index contributed by atoms with van der Waals surface area (Å²) in [7, 11) is -3.96. The number of carbonyl (C=O) groups is 1. The number of hydrogen-bond acceptors (Lipinski definition) is 5. The lowest BCUT2D eigenvalue weighted by molar-refractivity contribution is -0.149. The minimum absolute atomic E-state index is 0.155. The molecular weight excluding hydrogens is 299 g/mol. The quantitative estimate of drug-likeness (QED) is 0.780. The summed E-state index contributed by atoms with van der Waals surface area (Å²) < 4.78 is 44.3. The first-order chi connectivity index (χ1) is 9.96. The van der Waals surface area contributed by atoms with Crippen molar-refractivity contribution in [3.8, 4) is 0 Å². The van der Waals surface area contributed by atoms with Gasteiger partial charge in [0.2, 0.25) is 5.03 Å². The lowest BCUT2D eigenvalue weighted by atomic mass is 9.98. The van der Waals surface area contributed by atoms with Crippen LogP contribution in [0.15, 0.2) is 23.4 Å². The Labute approximate surface area is 123 Å². The standard InChI is InChI=1S/C13H17FN2O4S/c1-2-20-13(17)10-5-8-16(9-6-10)21(18,19)12-11(14)4-3-7-15-12/h3-4,7,10H,2,5-6,8-9H2,1H3. The van der Waals surface area contributed by atoms with Gasteiger partial charge in [-0.15, -0.1) is 0 Å². The number of halogens is 1. The number of ether oxygens (including phenoxy) is 1. The molecular formula is C13H17FN2O4S. The number of piperidine rings is 1. The van der Waals surface area contributed by atoms with Crippen LogP contribution in [0, 0.1) is 11.7 Å². The van der Waals surface area contributed by atoms with Crippen LogP contribution in [0.5, 0.6) is 0 Å². The molecule has 1 aromatic heterocycles. The maximum atomic E-state index is 13.6. The van der Waals surface area contributed by atoms with E-state index < -0.39 is 20.9 Å². The first-order valence-electron chi connectivity index (χ1n) is 6.74. The number of rotatable bonds is 4. The third-order valence-corrected chi connectivity index (χ3v) is 5.22. The number of esters is 1. The van der Waals surface area contributed by atoms with Crippen molar-refractivity contribution in [2.75, 3.05) is 19.7 Å². The van der Waals surface area contributed by atoms with E-state index in [4.69, 9.17) is 4.74 Å². The summed E-state index contributed by atoms with van der Waals surface area (Å²) in [6.45, 7) is 2.33. The topological polar surface area (TPSA) is 76.6 Å². The van der Waals surface area contributed by atoms with Crippen molar-refractivity contribution in [3.05, 3.63) is 24.1 Å². The molecule has 2 rings (SSSR count). The molecule has 1 saturated heterocycles. The molecule has 8 heteroatoms. The molecule has 2 heterocycles. The highest BCUT2D eigenvalue weighted by Crippen LogP contribution is 2.24. The number of sulfonamides is 1. The zero-order valence-corrected chi connectivity index (χ0v) is 12.5. The van der Waals surface area contributed by atoms with Gasteiger partial charge in [-0.05, 0) is 31.9 Å². The van der Waals surface area contributed by atoms with Crippen LogP contribution in [0.25, 0.3) is 0 Å². The highest BCUT2D eigenvalue weighted by Gasteiger charge is 2.34. The van der Waals surface area contributed by atoms with Gasteiger partial charge in [-0.2, -0.15) is 4.31 Å². The third kappa shape index (κ3) is 3.38. The van der Waals surface area contributed by atoms with E-state index in [1.54, 1.807) is 6.92 Å². The van der Waals surface area contributed by atoms with Gasteiger partial charge in [0, 0.05) is 19.3 Å². The van der Waals surface area contributed by atoms with E-state index in [1.165, 1.54) is 12.3 Å². The molecule has 6 nitrogen and oxygen atoms in total. The van der Waals surface area contributed by atoms with Crippen molar-refractivity contribution >= 4 is 16.0 Å². The Balaban J connectivity index is 2.08. The van der Waals surface area contributed by atoms with Crippen LogP contribution in [0.1, 0.15) is 19.8 Å². The Morgan fingerprint density at radius 3 is 2.71 bits per heavy atom. The van der Waals surface area contributed by atoms with Crippen LogP contribution in [0.2, 0.25) is 0 Å². The number of pyridine rings is 1. The fourth-order valence-electron chi connectivity index (χ4n) is 2.28.